The number of nitrogens with one attached hydrogen (secondary N) is 3. The van der Waals surface area contributed by atoms with Crippen molar-refractivity contribution < 1.29 is 10.0 Å². The second kappa shape index (κ2) is 9.48. The van der Waals surface area contributed by atoms with Gasteiger partial charge in [-0.05, 0) is 65.8 Å². The summed E-state index contributed by atoms with van der Waals surface area (Å²) in [6.07, 6.45) is 10.3. The molecule has 0 bridgehead atoms. The lowest BCUT2D eigenvalue weighted by Crippen LogP contribution is -2.29. The van der Waals surface area contributed by atoms with Gasteiger partial charge in [0, 0.05) is 54.2 Å². The third kappa shape index (κ3) is 4.62. The molecule has 4 N–H and O–H groups in total. The van der Waals surface area contributed by atoms with Crippen LogP contribution in [-0.2, 0) is 24.2 Å². The lowest BCUT2D eigenvalue weighted by atomic mass is 10.0. The Morgan fingerprint density at radius 2 is 2.06 bits per heavy atom. The lowest BCUT2D eigenvalue weighted by molar-refractivity contribution is -0.124. The summed E-state index contributed by atoms with van der Waals surface area (Å²) in [5.74, 6) is -0.525. The summed E-state index contributed by atoms with van der Waals surface area (Å²) in [4.78, 5) is 20.6. The number of carbonyl (C=O) groups excluding carboxylic acids is 1. The molecule has 0 fully saturated rings. The number of amides is 1. The van der Waals surface area contributed by atoms with E-state index < -0.39 is 5.91 Å². The molecule has 168 valence electrons. The Hall–Kier alpha value is -3.61. The standard InChI is InChI=1S/C27H28N4O2/c32-27(30-33)12-8-19-7-10-24-20(16-19)9-11-26(24)31(18-22-4-3-14-28-22)15-13-21-17-29-25-6-2-1-5-23(21)25/h1-8,10,12,14,16-17,26,28-29,33H,9,11,13,15,18H2,(H,30,32)/b12-8+/t26-/m0/s1. The zero-order chi connectivity index (χ0) is 22.6. The van der Waals surface area contributed by atoms with E-state index in [2.05, 4.69) is 69.6 Å². The van der Waals surface area contributed by atoms with Crippen molar-refractivity contribution >= 4 is 22.9 Å². The van der Waals surface area contributed by atoms with Gasteiger partial charge < -0.3 is 9.97 Å². The zero-order valence-corrected chi connectivity index (χ0v) is 18.4. The molecule has 5 rings (SSSR count). The first-order valence-electron chi connectivity index (χ1n) is 11.4. The zero-order valence-electron chi connectivity index (χ0n) is 18.4. The van der Waals surface area contributed by atoms with Crippen molar-refractivity contribution in [3.05, 3.63) is 101 Å². The number of hydrogen-bond acceptors (Lipinski definition) is 3. The number of carbonyl (C=O) groups is 1. The third-order valence-corrected chi connectivity index (χ3v) is 6.57. The summed E-state index contributed by atoms with van der Waals surface area (Å²) < 4.78 is 0. The van der Waals surface area contributed by atoms with Crippen molar-refractivity contribution in [1.82, 2.24) is 20.3 Å². The summed E-state index contributed by atoms with van der Waals surface area (Å²) in [6, 6.07) is 19.4. The smallest absolute Gasteiger partial charge is 0.267 e. The molecule has 0 spiro atoms. The van der Waals surface area contributed by atoms with Crippen LogP contribution in [0.15, 0.2) is 73.1 Å². The van der Waals surface area contributed by atoms with Gasteiger partial charge in [0.15, 0.2) is 0 Å². The van der Waals surface area contributed by atoms with E-state index in [1.54, 1.807) is 11.6 Å². The first-order valence-corrected chi connectivity index (χ1v) is 11.4. The molecule has 2 aromatic carbocycles. The molecule has 0 saturated carbocycles. The largest absolute Gasteiger partial charge is 0.364 e. The SMILES string of the molecule is O=C(/C=C/c1ccc2c(c1)CC[C@@H]2N(CCc1c[nH]c2ccccc12)Cc1ccc[nH]1)NO. The van der Waals surface area contributed by atoms with Gasteiger partial charge in [0.25, 0.3) is 5.91 Å². The molecule has 33 heavy (non-hydrogen) atoms. The predicted molar refractivity (Wildman–Crippen MR) is 130 cm³/mol. The average molecular weight is 441 g/mol. The molecule has 6 heteroatoms. The summed E-state index contributed by atoms with van der Waals surface area (Å²) in [6.45, 7) is 1.83. The highest BCUT2D eigenvalue weighted by Crippen LogP contribution is 2.37. The Labute approximate surface area is 192 Å². The van der Waals surface area contributed by atoms with E-state index in [-0.39, 0.29) is 0 Å². The van der Waals surface area contributed by atoms with E-state index in [1.807, 2.05) is 12.3 Å². The molecular weight excluding hydrogens is 412 g/mol. The fourth-order valence-electron chi connectivity index (χ4n) is 4.94. The Morgan fingerprint density at radius 1 is 1.15 bits per heavy atom. The summed E-state index contributed by atoms with van der Waals surface area (Å²) in [7, 11) is 0. The number of hydroxylamine groups is 1. The molecule has 0 unspecified atom stereocenters. The van der Waals surface area contributed by atoms with Gasteiger partial charge in [0.1, 0.15) is 0 Å². The van der Waals surface area contributed by atoms with E-state index >= 15 is 0 Å². The van der Waals surface area contributed by atoms with Gasteiger partial charge >= 0.3 is 0 Å². The summed E-state index contributed by atoms with van der Waals surface area (Å²) in [5.41, 5.74) is 9.04. The number of rotatable bonds is 8. The molecule has 1 aliphatic carbocycles. The highest BCUT2D eigenvalue weighted by molar-refractivity contribution is 5.90. The maximum absolute atomic E-state index is 11.3. The number of para-hydroxylation sites is 1. The number of benzene rings is 2. The van der Waals surface area contributed by atoms with Crippen LogP contribution in [0.1, 0.15) is 40.4 Å². The second-order valence-corrected chi connectivity index (χ2v) is 8.60. The topological polar surface area (TPSA) is 84.2 Å². The van der Waals surface area contributed by atoms with Crippen LogP contribution in [-0.4, -0.2) is 32.5 Å². The Morgan fingerprint density at radius 3 is 2.91 bits per heavy atom. The van der Waals surface area contributed by atoms with Crippen LogP contribution in [0.2, 0.25) is 0 Å². The lowest BCUT2D eigenvalue weighted by Gasteiger charge is -2.29. The van der Waals surface area contributed by atoms with Crippen LogP contribution < -0.4 is 5.48 Å². The summed E-state index contributed by atoms with van der Waals surface area (Å²) >= 11 is 0. The number of fused-ring (bicyclic) bond motifs is 2. The van der Waals surface area contributed by atoms with Crippen LogP contribution in [0.3, 0.4) is 0 Å². The molecular formula is C27H28N4O2. The fourth-order valence-corrected chi connectivity index (χ4v) is 4.94. The molecule has 4 aromatic rings. The molecule has 1 aliphatic rings. The van der Waals surface area contributed by atoms with Gasteiger partial charge in [0.2, 0.25) is 0 Å². The molecule has 1 amide bonds. The van der Waals surface area contributed by atoms with Crippen LogP contribution in [0, 0.1) is 0 Å². The molecule has 1 atom stereocenters. The predicted octanol–water partition coefficient (Wildman–Crippen LogP) is 4.75. The van der Waals surface area contributed by atoms with E-state index in [1.165, 1.54) is 39.4 Å². The minimum atomic E-state index is -0.525. The maximum atomic E-state index is 11.3. The molecule has 2 aromatic heterocycles. The maximum Gasteiger partial charge on any atom is 0.267 e. The minimum Gasteiger partial charge on any atom is -0.364 e. The van der Waals surface area contributed by atoms with E-state index in [9.17, 15) is 4.79 Å². The van der Waals surface area contributed by atoms with Gasteiger partial charge in [-0.3, -0.25) is 14.9 Å². The number of aromatic amines is 2. The van der Waals surface area contributed by atoms with Crippen LogP contribution >= 0.6 is 0 Å². The average Bonchev–Trinajstić information content (AvgIpc) is 3.60. The van der Waals surface area contributed by atoms with Crippen molar-refractivity contribution in [2.75, 3.05) is 6.54 Å². The number of aryl methyl sites for hydroxylation is 1. The normalized spacial score (nSPS) is 15.5. The number of nitrogens with zero attached hydrogens (tertiary/aromatic N) is 1. The highest BCUT2D eigenvalue weighted by Gasteiger charge is 2.28. The van der Waals surface area contributed by atoms with Crippen LogP contribution in [0.4, 0.5) is 0 Å². The van der Waals surface area contributed by atoms with E-state index in [0.29, 0.717) is 6.04 Å². The Bertz CT molecular complexity index is 1270. The number of H-pyrrole nitrogens is 2. The van der Waals surface area contributed by atoms with Gasteiger partial charge in [0.05, 0.1) is 0 Å². The fraction of sp³-hybridized carbons (Fsp3) is 0.222. The van der Waals surface area contributed by atoms with E-state index in [4.69, 9.17) is 5.21 Å². The molecule has 2 heterocycles. The van der Waals surface area contributed by atoms with Gasteiger partial charge in [-0.25, -0.2) is 5.48 Å². The third-order valence-electron chi connectivity index (χ3n) is 6.57. The number of hydrogen-bond donors (Lipinski definition) is 4. The summed E-state index contributed by atoms with van der Waals surface area (Å²) in [5, 5.41) is 9.98. The molecule has 6 nitrogen and oxygen atoms in total. The van der Waals surface area contributed by atoms with Gasteiger partial charge in [-0.1, -0.05) is 36.4 Å². The van der Waals surface area contributed by atoms with Crippen molar-refractivity contribution in [2.24, 2.45) is 0 Å². The molecule has 0 aliphatic heterocycles. The minimum absolute atomic E-state index is 0.354. The highest BCUT2D eigenvalue weighted by atomic mass is 16.5. The molecule has 0 saturated heterocycles. The Kier molecular flexibility index (Phi) is 6.11. The molecule has 0 radical (unpaired) electrons. The first-order chi connectivity index (χ1) is 16.2. The second-order valence-electron chi connectivity index (χ2n) is 8.60. The van der Waals surface area contributed by atoms with E-state index in [0.717, 1.165) is 37.9 Å². The number of aromatic nitrogens is 2. The van der Waals surface area contributed by atoms with Gasteiger partial charge in [-0.2, -0.15) is 0 Å². The van der Waals surface area contributed by atoms with Crippen molar-refractivity contribution in [1.29, 1.82) is 0 Å². The van der Waals surface area contributed by atoms with Crippen LogP contribution in [0.25, 0.3) is 17.0 Å². The Balaban J connectivity index is 1.37. The van der Waals surface area contributed by atoms with Crippen molar-refractivity contribution in [3.8, 4) is 0 Å². The van der Waals surface area contributed by atoms with Crippen molar-refractivity contribution in [3.63, 3.8) is 0 Å². The van der Waals surface area contributed by atoms with Gasteiger partial charge in [-0.15, -0.1) is 0 Å². The first kappa shape index (κ1) is 21.2. The monoisotopic (exact) mass is 440 g/mol. The van der Waals surface area contributed by atoms with Crippen LogP contribution in [0.5, 0.6) is 0 Å². The quantitative estimate of drug-likeness (QED) is 0.181. The van der Waals surface area contributed by atoms with Crippen molar-refractivity contribution in [2.45, 2.75) is 31.8 Å².